The Morgan fingerprint density at radius 3 is 2.44 bits per heavy atom. The molecule has 2 aromatic rings. The summed E-state index contributed by atoms with van der Waals surface area (Å²) in [6.07, 6.45) is 0.663. The van der Waals surface area contributed by atoms with Crippen molar-refractivity contribution >= 4 is 40.7 Å². The molecule has 27 heavy (non-hydrogen) atoms. The lowest BCUT2D eigenvalue weighted by atomic mass is 10.2. The minimum atomic E-state index is -0.342. The lowest BCUT2D eigenvalue weighted by molar-refractivity contribution is -0.128. The van der Waals surface area contributed by atoms with Crippen LogP contribution in [0.25, 0.3) is 0 Å². The van der Waals surface area contributed by atoms with Gasteiger partial charge in [-0.05, 0) is 37.6 Å². The Morgan fingerprint density at radius 2 is 1.70 bits per heavy atom. The van der Waals surface area contributed by atoms with Crippen LogP contribution in [0.15, 0.2) is 42.5 Å². The van der Waals surface area contributed by atoms with Crippen LogP contribution in [0, 0.1) is 6.92 Å². The Hall–Kier alpha value is -2.44. The van der Waals surface area contributed by atoms with E-state index < -0.39 is 0 Å². The molecular weight excluding hydrogens is 389 g/mol. The number of carbonyl (C=O) groups is 2. The molecule has 0 aliphatic heterocycles. The zero-order chi connectivity index (χ0) is 19.6. The van der Waals surface area contributed by atoms with Crippen molar-refractivity contribution in [1.29, 1.82) is 0 Å². The largest absolute Gasteiger partial charge is 0.492 e. The van der Waals surface area contributed by atoms with Gasteiger partial charge in [0.1, 0.15) is 10.8 Å². The van der Waals surface area contributed by atoms with Crippen molar-refractivity contribution in [2.45, 2.75) is 19.8 Å². The van der Waals surface area contributed by atoms with E-state index in [0.717, 1.165) is 11.3 Å². The number of nitrogens with one attached hydrogen (secondary N) is 3. The number of carbonyl (C=O) groups excluding carboxylic acids is 2. The van der Waals surface area contributed by atoms with Crippen molar-refractivity contribution in [3.8, 4) is 5.75 Å². The third kappa shape index (κ3) is 7.37. The van der Waals surface area contributed by atoms with Crippen LogP contribution in [-0.2, 0) is 9.59 Å². The fourth-order valence-electron chi connectivity index (χ4n) is 2.11. The van der Waals surface area contributed by atoms with Gasteiger partial charge in [-0.25, -0.2) is 0 Å². The van der Waals surface area contributed by atoms with Crippen molar-refractivity contribution in [1.82, 2.24) is 10.9 Å². The summed E-state index contributed by atoms with van der Waals surface area (Å²) >= 11 is 11.9. The molecule has 8 heteroatoms. The minimum Gasteiger partial charge on any atom is -0.492 e. The molecule has 144 valence electrons. The molecule has 6 nitrogen and oxygen atoms in total. The highest BCUT2D eigenvalue weighted by Crippen LogP contribution is 2.31. The van der Waals surface area contributed by atoms with E-state index in [1.807, 2.05) is 31.2 Å². The van der Waals surface area contributed by atoms with Crippen LogP contribution in [0.5, 0.6) is 5.75 Å². The van der Waals surface area contributed by atoms with E-state index in [9.17, 15) is 9.59 Å². The van der Waals surface area contributed by atoms with E-state index in [4.69, 9.17) is 27.9 Å². The maximum atomic E-state index is 11.7. The van der Waals surface area contributed by atoms with Gasteiger partial charge in [-0.1, -0.05) is 47.0 Å². The molecule has 0 heterocycles. The summed E-state index contributed by atoms with van der Waals surface area (Å²) in [6, 6.07) is 12.8. The molecule has 0 atom stereocenters. The monoisotopic (exact) mass is 409 g/mol. The molecule has 0 bridgehead atoms. The first-order chi connectivity index (χ1) is 13.0. The number of rotatable bonds is 8. The first-order valence-electron chi connectivity index (χ1n) is 8.41. The molecule has 2 rings (SSSR count). The van der Waals surface area contributed by atoms with Gasteiger partial charge in [0.05, 0.1) is 18.2 Å². The predicted molar refractivity (Wildman–Crippen MR) is 107 cm³/mol. The van der Waals surface area contributed by atoms with E-state index >= 15 is 0 Å². The number of hydrazine groups is 1. The van der Waals surface area contributed by atoms with Gasteiger partial charge >= 0.3 is 0 Å². The highest BCUT2D eigenvalue weighted by atomic mass is 35.5. The molecule has 0 aromatic heterocycles. The Bertz CT molecular complexity index is 782. The number of aryl methyl sites for hydroxylation is 1. The summed E-state index contributed by atoms with van der Waals surface area (Å²) in [5, 5.41) is 3.72. The maximum absolute atomic E-state index is 11.7. The zero-order valence-corrected chi connectivity index (χ0v) is 16.4. The summed E-state index contributed by atoms with van der Waals surface area (Å²) in [4.78, 5) is 23.5. The van der Waals surface area contributed by atoms with Gasteiger partial charge in [-0.3, -0.25) is 20.4 Å². The SMILES string of the molecule is Cc1ccc(NCC(=O)NNC(=O)CCCOc2cccc(Cl)c2Cl)cc1. The number of anilines is 1. The second-order valence-electron chi connectivity index (χ2n) is 5.82. The molecule has 0 unspecified atom stereocenters. The smallest absolute Gasteiger partial charge is 0.257 e. The number of hydrogen-bond acceptors (Lipinski definition) is 4. The Balaban J connectivity index is 1.59. The summed E-state index contributed by atoms with van der Waals surface area (Å²) in [7, 11) is 0. The van der Waals surface area contributed by atoms with Gasteiger partial charge in [-0.2, -0.15) is 0 Å². The quantitative estimate of drug-likeness (QED) is 0.458. The highest BCUT2D eigenvalue weighted by molar-refractivity contribution is 6.42. The van der Waals surface area contributed by atoms with Gasteiger partial charge in [0.2, 0.25) is 5.91 Å². The molecule has 0 fully saturated rings. The zero-order valence-electron chi connectivity index (χ0n) is 14.9. The number of amides is 2. The van der Waals surface area contributed by atoms with Crippen LogP contribution < -0.4 is 20.9 Å². The van der Waals surface area contributed by atoms with E-state index in [2.05, 4.69) is 16.2 Å². The number of benzene rings is 2. The van der Waals surface area contributed by atoms with Crippen LogP contribution in [0.3, 0.4) is 0 Å². The van der Waals surface area contributed by atoms with Gasteiger partial charge < -0.3 is 10.1 Å². The molecule has 0 aliphatic carbocycles. The number of hydrogen-bond donors (Lipinski definition) is 3. The average molecular weight is 410 g/mol. The van der Waals surface area contributed by atoms with E-state index in [1.165, 1.54) is 0 Å². The second-order valence-corrected chi connectivity index (χ2v) is 6.61. The third-order valence-electron chi connectivity index (χ3n) is 3.57. The summed E-state index contributed by atoms with van der Waals surface area (Å²) in [6.45, 7) is 2.34. The molecule has 0 saturated carbocycles. The van der Waals surface area contributed by atoms with Gasteiger partial charge in [0.15, 0.2) is 0 Å². The van der Waals surface area contributed by atoms with E-state index in [-0.39, 0.29) is 24.8 Å². The van der Waals surface area contributed by atoms with Gasteiger partial charge in [-0.15, -0.1) is 0 Å². The molecule has 0 spiro atoms. The standard InChI is InChI=1S/C19H21Cl2N3O3/c1-13-7-9-14(10-8-13)22-12-18(26)24-23-17(25)6-3-11-27-16-5-2-4-15(20)19(16)21/h2,4-5,7-10,22H,3,6,11-12H2,1H3,(H,23,25)(H,24,26). The summed E-state index contributed by atoms with van der Waals surface area (Å²) in [5.41, 5.74) is 6.69. The van der Waals surface area contributed by atoms with Crippen molar-refractivity contribution in [2.24, 2.45) is 0 Å². The summed E-state index contributed by atoms with van der Waals surface area (Å²) in [5.74, 6) is -0.176. The summed E-state index contributed by atoms with van der Waals surface area (Å²) < 4.78 is 5.50. The topological polar surface area (TPSA) is 79.5 Å². The second kappa shape index (κ2) is 10.6. The van der Waals surface area contributed by atoms with E-state index in [1.54, 1.807) is 18.2 Å². The molecule has 0 aliphatic rings. The minimum absolute atomic E-state index is 0.0553. The first kappa shape index (κ1) is 20.9. The van der Waals surface area contributed by atoms with Crippen molar-refractivity contribution < 1.29 is 14.3 Å². The lowest BCUT2D eigenvalue weighted by Crippen LogP contribution is -2.44. The van der Waals surface area contributed by atoms with Crippen LogP contribution in [0.2, 0.25) is 10.0 Å². The number of ether oxygens (including phenoxy) is 1. The van der Waals surface area contributed by atoms with Crippen LogP contribution in [-0.4, -0.2) is 25.0 Å². The fraction of sp³-hybridized carbons (Fsp3) is 0.263. The molecular formula is C19H21Cl2N3O3. The molecule has 2 aromatic carbocycles. The fourth-order valence-corrected chi connectivity index (χ4v) is 2.46. The van der Waals surface area contributed by atoms with Gasteiger partial charge in [0, 0.05) is 12.1 Å². The average Bonchev–Trinajstić information content (AvgIpc) is 2.66. The Morgan fingerprint density at radius 1 is 1.00 bits per heavy atom. The lowest BCUT2D eigenvalue weighted by Gasteiger charge is -2.10. The molecule has 0 saturated heterocycles. The van der Waals surface area contributed by atoms with Crippen LogP contribution >= 0.6 is 23.2 Å². The van der Waals surface area contributed by atoms with Crippen LogP contribution in [0.1, 0.15) is 18.4 Å². The van der Waals surface area contributed by atoms with E-state index in [0.29, 0.717) is 28.8 Å². The highest BCUT2D eigenvalue weighted by Gasteiger charge is 2.07. The molecule has 0 radical (unpaired) electrons. The molecule has 2 amide bonds. The van der Waals surface area contributed by atoms with Crippen LogP contribution in [0.4, 0.5) is 5.69 Å². The maximum Gasteiger partial charge on any atom is 0.257 e. The Labute approximate surface area is 168 Å². The van der Waals surface area contributed by atoms with Gasteiger partial charge in [0.25, 0.3) is 5.91 Å². The van der Waals surface area contributed by atoms with Crippen molar-refractivity contribution in [2.75, 3.05) is 18.5 Å². The normalized spacial score (nSPS) is 10.2. The van der Waals surface area contributed by atoms with Crippen molar-refractivity contribution in [3.63, 3.8) is 0 Å². The number of halogens is 2. The van der Waals surface area contributed by atoms with Crippen molar-refractivity contribution in [3.05, 3.63) is 58.1 Å². The Kier molecular flexibility index (Phi) is 8.23. The predicted octanol–water partition coefficient (Wildman–Crippen LogP) is 3.72. The first-order valence-corrected chi connectivity index (χ1v) is 9.16. The molecule has 3 N–H and O–H groups in total. The third-order valence-corrected chi connectivity index (χ3v) is 4.37.